The van der Waals surface area contributed by atoms with Crippen LogP contribution in [0.4, 0.5) is 4.79 Å². The molecule has 0 heterocycles. The fraction of sp³-hybridized carbons (Fsp3) is 0.500. The van der Waals surface area contributed by atoms with Gasteiger partial charge in [-0.2, -0.15) is 0 Å². The molecular formula is C30H43N3O4. The summed E-state index contributed by atoms with van der Waals surface area (Å²) in [5, 5.41) is 8.81. The third-order valence-electron chi connectivity index (χ3n) is 5.83. The van der Waals surface area contributed by atoms with Crippen molar-refractivity contribution in [3.8, 4) is 0 Å². The van der Waals surface area contributed by atoms with Gasteiger partial charge in [-0.1, -0.05) is 74.5 Å². The van der Waals surface area contributed by atoms with Gasteiger partial charge in [0.1, 0.15) is 11.6 Å². The molecule has 3 N–H and O–H groups in total. The molecule has 0 aromatic heterocycles. The van der Waals surface area contributed by atoms with E-state index in [0.29, 0.717) is 32.2 Å². The second kappa shape index (κ2) is 15.0. The quantitative estimate of drug-likeness (QED) is 0.362. The number of nitrogens with one attached hydrogen (secondary N) is 3. The van der Waals surface area contributed by atoms with Crippen LogP contribution in [0.15, 0.2) is 60.7 Å². The van der Waals surface area contributed by atoms with Crippen molar-refractivity contribution < 1.29 is 19.1 Å². The van der Waals surface area contributed by atoms with E-state index < -0.39 is 17.7 Å². The summed E-state index contributed by atoms with van der Waals surface area (Å²) in [6.45, 7) is 9.71. The van der Waals surface area contributed by atoms with E-state index in [0.717, 1.165) is 12.0 Å². The molecule has 1 unspecified atom stereocenters. The van der Waals surface area contributed by atoms with Crippen molar-refractivity contribution in [2.45, 2.75) is 84.4 Å². The van der Waals surface area contributed by atoms with Crippen molar-refractivity contribution in [1.82, 2.24) is 16.0 Å². The minimum Gasteiger partial charge on any atom is -0.444 e. The lowest BCUT2D eigenvalue weighted by molar-refractivity contribution is -0.125. The molecule has 2 rings (SSSR count). The second-order valence-corrected chi connectivity index (χ2v) is 10.7. The molecule has 0 saturated carbocycles. The first-order chi connectivity index (χ1) is 17.5. The number of amides is 3. The largest absolute Gasteiger partial charge is 0.444 e. The lowest BCUT2D eigenvalue weighted by Crippen LogP contribution is -2.53. The minimum absolute atomic E-state index is 0.00682. The van der Waals surface area contributed by atoms with Crippen LogP contribution >= 0.6 is 0 Å². The van der Waals surface area contributed by atoms with Crippen LogP contribution in [0.2, 0.25) is 0 Å². The topological polar surface area (TPSA) is 96.5 Å². The van der Waals surface area contributed by atoms with E-state index in [-0.39, 0.29) is 23.8 Å². The van der Waals surface area contributed by atoms with E-state index in [4.69, 9.17) is 4.74 Å². The van der Waals surface area contributed by atoms with Gasteiger partial charge in [-0.25, -0.2) is 4.79 Å². The number of carbonyl (C=O) groups excluding carboxylic acids is 3. The van der Waals surface area contributed by atoms with Gasteiger partial charge in [0.2, 0.25) is 11.8 Å². The van der Waals surface area contributed by atoms with E-state index in [1.165, 1.54) is 5.56 Å². The molecule has 0 fully saturated rings. The first-order valence-corrected chi connectivity index (χ1v) is 13.2. The fourth-order valence-corrected chi connectivity index (χ4v) is 3.97. The van der Waals surface area contributed by atoms with Crippen LogP contribution in [-0.2, 0) is 27.2 Å². The lowest BCUT2D eigenvalue weighted by Gasteiger charge is -2.27. The summed E-state index contributed by atoms with van der Waals surface area (Å²) in [4.78, 5) is 37.9. The van der Waals surface area contributed by atoms with Crippen LogP contribution in [0.25, 0.3) is 0 Å². The van der Waals surface area contributed by atoms with Crippen LogP contribution in [0, 0.1) is 5.92 Å². The number of hydrogen-bond donors (Lipinski definition) is 3. The number of carbonyl (C=O) groups is 3. The van der Waals surface area contributed by atoms with Crippen molar-refractivity contribution in [1.29, 1.82) is 0 Å². The van der Waals surface area contributed by atoms with Gasteiger partial charge in [0.25, 0.3) is 0 Å². The van der Waals surface area contributed by atoms with Crippen molar-refractivity contribution in [3.63, 3.8) is 0 Å². The van der Waals surface area contributed by atoms with Crippen LogP contribution in [0.5, 0.6) is 0 Å². The SMILES string of the molecule is CC(C)C(NC(=O)OC(C)(C)C)C(=O)N[C@H](CCCC(=O)NCCc1ccccc1)Cc1ccccc1. The Morgan fingerprint density at radius 2 is 1.46 bits per heavy atom. The Bertz CT molecular complexity index is 971. The Labute approximate surface area is 221 Å². The molecule has 7 heteroatoms. The highest BCUT2D eigenvalue weighted by atomic mass is 16.6. The smallest absolute Gasteiger partial charge is 0.408 e. The predicted molar refractivity (Wildman–Crippen MR) is 147 cm³/mol. The highest BCUT2D eigenvalue weighted by molar-refractivity contribution is 5.86. The Kier molecular flexibility index (Phi) is 12.1. The molecular weight excluding hydrogens is 466 g/mol. The van der Waals surface area contributed by atoms with E-state index in [1.54, 1.807) is 20.8 Å². The summed E-state index contributed by atoms with van der Waals surface area (Å²) in [6.07, 6.45) is 2.48. The van der Waals surface area contributed by atoms with Gasteiger partial charge >= 0.3 is 6.09 Å². The van der Waals surface area contributed by atoms with E-state index in [1.807, 2.05) is 74.5 Å². The minimum atomic E-state index is -0.727. The Morgan fingerprint density at radius 1 is 0.865 bits per heavy atom. The zero-order valence-corrected chi connectivity index (χ0v) is 22.9. The molecule has 3 amide bonds. The molecule has 0 saturated heterocycles. The third kappa shape index (κ3) is 12.4. The van der Waals surface area contributed by atoms with Crippen LogP contribution in [0.1, 0.15) is 65.0 Å². The molecule has 37 heavy (non-hydrogen) atoms. The van der Waals surface area contributed by atoms with Gasteiger partial charge < -0.3 is 20.7 Å². The van der Waals surface area contributed by atoms with Gasteiger partial charge in [-0.05, 0) is 63.5 Å². The second-order valence-electron chi connectivity index (χ2n) is 10.7. The highest BCUT2D eigenvalue weighted by Gasteiger charge is 2.28. The first-order valence-electron chi connectivity index (χ1n) is 13.2. The van der Waals surface area contributed by atoms with Crippen molar-refractivity contribution in [2.24, 2.45) is 5.92 Å². The third-order valence-corrected chi connectivity index (χ3v) is 5.83. The maximum absolute atomic E-state index is 13.2. The fourth-order valence-electron chi connectivity index (χ4n) is 3.97. The summed E-state index contributed by atoms with van der Waals surface area (Å²) in [5.74, 6) is -0.373. The van der Waals surface area contributed by atoms with Crippen LogP contribution in [0.3, 0.4) is 0 Å². The molecule has 7 nitrogen and oxygen atoms in total. The highest BCUT2D eigenvalue weighted by Crippen LogP contribution is 2.13. The number of benzene rings is 2. The van der Waals surface area contributed by atoms with Gasteiger partial charge in [-0.3, -0.25) is 9.59 Å². The van der Waals surface area contributed by atoms with Gasteiger partial charge in [0.05, 0.1) is 0 Å². The van der Waals surface area contributed by atoms with E-state index >= 15 is 0 Å². The molecule has 0 radical (unpaired) electrons. The van der Waals surface area contributed by atoms with Crippen LogP contribution < -0.4 is 16.0 Å². The molecule has 2 aromatic carbocycles. The normalized spacial score (nSPS) is 12.9. The summed E-state index contributed by atoms with van der Waals surface area (Å²) in [7, 11) is 0. The van der Waals surface area contributed by atoms with Gasteiger partial charge in [0, 0.05) is 19.0 Å². The molecule has 0 spiro atoms. The average molecular weight is 510 g/mol. The Balaban J connectivity index is 1.92. The van der Waals surface area contributed by atoms with E-state index in [2.05, 4.69) is 16.0 Å². The van der Waals surface area contributed by atoms with Crippen molar-refractivity contribution in [3.05, 3.63) is 71.8 Å². The first kappa shape index (κ1) is 29.9. The molecule has 2 aromatic rings. The summed E-state index contributed by atoms with van der Waals surface area (Å²) in [5.41, 5.74) is 1.63. The monoisotopic (exact) mass is 509 g/mol. The van der Waals surface area contributed by atoms with Gasteiger partial charge in [-0.15, -0.1) is 0 Å². The molecule has 202 valence electrons. The molecule has 0 aliphatic heterocycles. The average Bonchev–Trinajstić information content (AvgIpc) is 2.82. The zero-order chi connectivity index (χ0) is 27.3. The number of ether oxygens (including phenoxy) is 1. The van der Waals surface area contributed by atoms with Crippen LogP contribution in [-0.4, -0.2) is 42.1 Å². The number of hydrogen-bond acceptors (Lipinski definition) is 4. The zero-order valence-electron chi connectivity index (χ0n) is 22.9. The Morgan fingerprint density at radius 3 is 2.03 bits per heavy atom. The van der Waals surface area contributed by atoms with Crippen molar-refractivity contribution >= 4 is 17.9 Å². The summed E-state index contributed by atoms with van der Waals surface area (Å²) in [6, 6.07) is 19.1. The number of alkyl carbamates (subject to hydrolysis) is 1. The summed E-state index contributed by atoms with van der Waals surface area (Å²) >= 11 is 0. The maximum Gasteiger partial charge on any atom is 0.408 e. The molecule has 0 bridgehead atoms. The number of rotatable bonds is 13. The standard InChI is InChI=1S/C30H43N3O4/c1-22(2)27(33-29(36)37-30(3,4)5)28(35)32-25(21-24-15-10-7-11-16-24)17-12-18-26(34)31-20-19-23-13-8-6-9-14-23/h6-11,13-16,22,25,27H,12,17-21H2,1-5H3,(H,31,34)(H,32,35)(H,33,36)/t25-,27?/m1/s1. The Hall–Kier alpha value is -3.35. The molecule has 2 atom stereocenters. The van der Waals surface area contributed by atoms with Crippen molar-refractivity contribution in [2.75, 3.05) is 6.54 Å². The van der Waals surface area contributed by atoms with Gasteiger partial charge in [0.15, 0.2) is 0 Å². The summed E-state index contributed by atoms with van der Waals surface area (Å²) < 4.78 is 5.35. The molecule has 0 aliphatic carbocycles. The lowest BCUT2D eigenvalue weighted by atomic mass is 9.98. The predicted octanol–water partition coefficient (Wildman–Crippen LogP) is 4.79. The maximum atomic E-state index is 13.2. The molecule has 0 aliphatic rings. The van der Waals surface area contributed by atoms with E-state index in [9.17, 15) is 14.4 Å².